The second-order valence-corrected chi connectivity index (χ2v) is 19.3. The number of esters is 2. The summed E-state index contributed by atoms with van der Waals surface area (Å²) in [6.07, 6.45) is 44.3. The zero-order chi connectivity index (χ0) is 46.6. The number of aromatic amines is 1. The lowest BCUT2D eigenvalue weighted by atomic mass is 10.0. The molecule has 64 heavy (non-hydrogen) atoms. The van der Waals surface area contributed by atoms with Gasteiger partial charge in [0.15, 0.2) is 0 Å². The summed E-state index contributed by atoms with van der Waals surface area (Å²) in [7, 11) is 0. The third-order valence-electron chi connectivity index (χ3n) is 12.9. The monoisotopic (exact) mass is 902 g/mol. The predicted octanol–water partition coefficient (Wildman–Crippen LogP) is 14.7. The van der Waals surface area contributed by atoms with E-state index < -0.39 is 6.10 Å². The van der Waals surface area contributed by atoms with E-state index >= 15 is 0 Å². The lowest BCUT2D eigenvalue weighted by Crippen LogP contribution is -2.34. The maximum absolute atomic E-state index is 12.9. The molecule has 2 unspecified atom stereocenters. The minimum Gasteiger partial charge on any atom is -0.463 e. The largest absolute Gasteiger partial charge is 0.463 e. The van der Waals surface area contributed by atoms with E-state index in [4.69, 9.17) is 9.47 Å². The summed E-state index contributed by atoms with van der Waals surface area (Å²) in [5, 5.41) is 14.0. The molecule has 0 fully saturated rings. The first kappa shape index (κ1) is 59.6. The van der Waals surface area contributed by atoms with Crippen molar-refractivity contribution in [2.24, 2.45) is 0 Å². The smallest absolute Gasteiger partial charge is 0.306 e. The van der Waals surface area contributed by atoms with Crippen LogP contribution in [-0.2, 0) is 19.1 Å². The van der Waals surface area contributed by atoms with Crippen molar-refractivity contribution < 1.29 is 29.0 Å². The van der Waals surface area contributed by atoms with Crippen LogP contribution < -0.4 is 5.32 Å². The molecule has 1 aromatic rings. The van der Waals surface area contributed by atoms with Gasteiger partial charge in [-0.1, -0.05) is 162 Å². The molecule has 0 saturated heterocycles. The van der Waals surface area contributed by atoms with E-state index in [0.29, 0.717) is 37.9 Å². The average Bonchev–Trinajstić information content (AvgIpc) is 3.83. The topological polar surface area (TPSA) is 121 Å². The number of aliphatic hydroxyl groups is 1. The van der Waals surface area contributed by atoms with E-state index in [0.717, 1.165) is 116 Å². The minimum absolute atomic E-state index is 0.00920. The van der Waals surface area contributed by atoms with Crippen molar-refractivity contribution >= 4 is 17.8 Å². The SMILES string of the molecule is CCCCCCCCCCCC(C)OC(=O)CCCCCN(CCCCCCCC(=O)OC(CCCCCCCC)CCCCCCCC)CC(O)CCCCNC(=O)c1cc[nH]c1. The van der Waals surface area contributed by atoms with Crippen molar-refractivity contribution in [3.05, 3.63) is 24.0 Å². The van der Waals surface area contributed by atoms with Gasteiger partial charge in [0.05, 0.1) is 17.8 Å². The van der Waals surface area contributed by atoms with Crippen molar-refractivity contribution in [3.63, 3.8) is 0 Å². The first-order valence-corrected chi connectivity index (χ1v) is 27.5. The maximum atomic E-state index is 12.9. The van der Waals surface area contributed by atoms with Gasteiger partial charge in [0, 0.05) is 38.3 Å². The van der Waals surface area contributed by atoms with Gasteiger partial charge in [-0.15, -0.1) is 0 Å². The number of H-pyrrole nitrogens is 1. The Morgan fingerprint density at radius 1 is 0.562 bits per heavy atom. The first-order valence-electron chi connectivity index (χ1n) is 27.5. The van der Waals surface area contributed by atoms with Crippen molar-refractivity contribution in [1.82, 2.24) is 15.2 Å². The Morgan fingerprint density at radius 2 is 1.00 bits per heavy atom. The van der Waals surface area contributed by atoms with Crippen LogP contribution in [0.15, 0.2) is 18.5 Å². The second kappa shape index (κ2) is 44.4. The first-order chi connectivity index (χ1) is 31.3. The number of nitrogens with zero attached hydrogens (tertiary/aromatic N) is 1. The molecule has 1 heterocycles. The number of rotatable bonds is 48. The van der Waals surface area contributed by atoms with Crippen LogP contribution in [0, 0.1) is 0 Å². The Bertz CT molecular complexity index is 1160. The predicted molar refractivity (Wildman–Crippen MR) is 269 cm³/mol. The summed E-state index contributed by atoms with van der Waals surface area (Å²) in [5.41, 5.74) is 0.635. The van der Waals surface area contributed by atoms with E-state index in [2.05, 4.69) is 36.0 Å². The Hall–Kier alpha value is -2.39. The zero-order valence-electron chi connectivity index (χ0n) is 42.4. The van der Waals surface area contributed by atoms with E-state index in [-0.39, 0.29) is 30.1 Å². The molecule has 0 radical (unpaired) electrons. The van der Waals surface area contributed by atoms with Crippen LogP contribution in [0.3, 0.4) is 0 Å². The van der Waals surface area contributed by atoms with Gasteiger partial charge < -0.3 is 29.8 Å². The number of carbonyl (C=O) groups is 3. The molecule has 0 aliphatic carbocycles. The van der Waals surface area contributed by atoms with Crippen molar-refractivity contribution in [2.45, 2.75) is 284 Å². The van der Waals surface area contributed by atoms with Crippen LogP contribution in [-0.4, -0.2) is 77.3 Å². The molecular weight excluding hydrogens is 799 g/mol. The van der Waals surface area contributed by atoms with Crippen molar-refractivity contribution in [2.75, 3.05) is 26.2 Å². The fraction of sp³-hybridized carbons (Fsp3) is 0.873. The highest BCUT2D eigenvalue weighted by Crippen LogP contribution is 2.19. The molecule has 1 amide bonds. The number of amides is 1. The summed E-state index contributed by atoms with van der Waals surface area (Å²) in [6.45, 7) is 11.9. The second-order valence-electron chi connectivity index (χ2n) is 19.3. The fourth-order valence-corrected chi connectivity index (χ4v) is 8.77. The number of aliphatic hydroxyl groups excluding tert-OH is 1. The van der Waals surface area contributed by atoms with E-state index in [1.54, 1.807) is 18.5 Å². The number of unbranched alkanes of at least 4 members (excludes halogenated alkanes) is 25. The van der Waals surface area contributed by atoms with E-state index in [9.17, 15) is 19.5 Å². The van der Waals surface area contributed by atoms with Crippen LogP contribution in [0.4, 0.5) is 0 Å². The lowest BCUT2D eigenvalue weighted by Gasteiger charge is -2.25. The summed E-state index contributed by atoms with van der Waals surface area (Å²) in [5.74, 6) is -0.160. The van der Waals surface area contributed by atoms with Gasteiger partial charge in [0.1, 0.15) is 6.10 Å². The molecular formula is C55H103N3O6. The number of ether oxygens (including phenoxy) is 2. The zero-order valence-corrected chi connectivity index (χ0v) is 42.4. The Balaban J connectivity index is 2.42. The molecule has 0 aromatic carbocycles. The molecule has 374 valence electrons. The summed E-state index contributed by atoms with van der Waals surface area (Å²) in [4.78, 5) is 43.0. The van der Waals surface area contributed by atoms with Crippen molar-refractivity contribution in [1.29, 1.82) is 0 Å². The number of nitrogens with one attached hydrogen (secondary N) is 2. The van der Waals surface area contributed by atoms with Crippen LogP contribution in [0.1, 0.15) is 276 Å². The molecule has 0 spiro atoms. The standard InChI is InChI=1S/C55H103N3O6/c1-5-8-11-14-17-18-19-21-27-36-49(4)63-53(60)40-31-26-35-46-58(48-51(59)37-32-33-43-57-55(62)50-42-44-56-47-50)45-34-25-20-24-30-41-54(61)64-52(38-28-22-15-12-9-6-2)39-29-23-16-13-10-7-3/h42,44,47,49,51-52,56,59H,5-41,43,45-46,48H2,1-4H3,(H,57,62). The molecule has 9 heteroatoms. The molecule has 2 atom stereocenters. The third kappa shape index (κ3) is 37.8. The highest BCUT2D eigenvalue weighted by atomic mass is 16.5. The Labute approximate surface area is 394 Å². The van der Waals surface area contributed by atoms with E-state index in [1.165, 1.54) is 116 Å². The molecule has 3 N–H and O–H groups in total. The maximum Gasteiger partial charge on any atom is 0.306 e. The van der Waals surface area contributed by atoms with Gasteiger partial charge in [-0.25, -0.2) is 0 Å². The molecule has 0 bridgehead atoms. The van der Waals surface area contributed by atoms with Gasteiger partial charge >= 0.3 is 11.9 Å². The van der Waals surface area contributed by atoms with Gasteiger partial charge in [0.25, 0.3) is 5.91 Å². The van der Waals surface area contributed by atoms with Crippen LogP contribution in [0.2, 0.25) is 0 Å². The average molecular weight is 902 g/mol. The minimum atomic E-state index is -0.417. The molecule has 1 aromatic heterocycles. The van der Waals surface area contributed by atoms with Gasteiger partial charge in [-0.3, -0.25) is 14.4 Å². The van der Waals surface area contributed by atoms with Gasteiger partial charge in [0.2, 0.25) is 0 Å². The summed E-state index contributed by atoms with van der Waals surface area (Å²) >= 11 is 0. The van der Waals surface area contributed by atoms with Gasteiger partial charge in [-0.05, 0) is 110 Å². The van der Waals surface area contributed by atoms with Gasteiger partial charge in [-0.2, -0.15) is 0 Å². The number of hydrogen-bond donors (Lipinski definition) is 3. The Kier molecular flexibility index (Phi) is 41.4. The third-order valence-corrected chi connectivity index (χ3v) is 12.9. The highest BCUT2D eigenvalue weighted by Gasteiger charge is 2.16. The molecule has 0 aliphatic heterocycles. The number of carbonyl (C=O) groups excluding carboxylic acids is 3. The lowest BCUT2D eigenvalue weighted by molar-refractivity contribution is -0.150. The highest BCUT2D eigenvalue weighted by molar-refractivity contribution is 5.93. The quantitative estimate of drug-likeness (QED) is 0.0440. The van der Waals surface area contributed by atoms with Crippen LogP contribution >= 0.6 is 0 Å². The van der Waals surface area contributed by atoms with Crippen LogP contribution in [0.25, 0.3) is 0 Å². The number of aromatic nitrogens is 1. The van der Waals surface area contributed by atoms with Crippen LogP contribution in [0.5, 0.6) is 0 Å². The normalized spacial score (nSPS) is 12.5. The summed E-state index contributed by atoms with van der Waals surface area (Å²) < 4.78 is 11.8. The summed E-state index contributed by atoms with van der Waals surface area (Å²) in [6, 6.07) is 1.77. The molecule has 9 nitrogen and oxygen atoms in total. The molecule has 0 aliphatic rings. The fourth-order valence-electron chi connectivity index (χ4n) is 8.77. The molecule has 1 rings (SSSR count). The van der Waals surface area contributed by atoms with Crippen molar-refractivity contribution in [3.8, 4) is 0 Å². The number of hydrogen-bond acceptors (Lipinski definition) is 7. The molecule has 0 saturated carbocycles. The van der Waals surface area contributed by atoms with E-state index in [1.807, 2.05) is 6.92 Å². The Morgan fingerprint density at radius 3 is 1.52 bits per heavy atom.